The van der Waals surface area contributed by atoms with Gasteiger partial charge in [-0.05, 0) is 160 Å². The number of benzene rings is 2. The van der Waals surface area contributed by atoms with Crippen molar-refractivity contribution in [1.82, 2.24) is 9.80 Å². The molecule has 4 aliphatic heterocycles. The Kier molecular flexibility index (Phi) is 8.42. The van der Waals surface area contributed by atoms with Crippen LogP contribution in [0.1, 0.15) is 157 Å². The van der Waals surface area contributed by atoms with E-state index in [0.717, 1.165) is 41.3 Å². The Balaban J connectivity index is 0.800. The molecular weight excluding hydrogens is 663 g/mol. The summed E-state index contributed by atoms with van der Waals surface area (Å²) in [7, 11) is 0. The molecule has 2 aromatic carbocycles. The first-order valence-corrected chi connectivity index (χ1v) is 23.2. The first-order valence-electron chi connectivity index (χ1n) is 23.2. The van der Waals surface area contributed by atoms with E-state index in [9.17, 15) is 5.26 Å². The van der Waals surface area contributed by atoms with Crippen LogP contribution in [0.15, 0.2) is 42.5 Å². The predicted molar refractivity (Wildman–Crippen MR) is 212 cm³/mol. The van der Waals surface area contributed by atoms with E-state index in [4.69, 9.17) is 9.47 Å². The van der Waals surface area contributed by atoms with E-state index in [1.807, 2.05) is 0 Å². The molecule has 0 amide bonds. The molecule has 0 aromatic heterocycles. The maximum atomic E-state index is 10.3. The minimum atomic E-state index is 0.469. The van der Waals surface area contributed by atoms with E-state index < -0.39 is 0 Å². The summed E-state index contributed by atoms with van der Waals surface area (Å²) in [5.41, 5.74) is 6.38. The van der Waals surface area contributed by atoms with Crippen molar-refractivity contribution in [2.45, 2.75) is 201 Å². The molecule has 2 aromatic rings. The van der Waals surface area contributed by atoms with E-state index in [2.05, 4.69) is 58.3 Å². The van der Waals surface area contributed by atoms with Crippen LogP contribution in [0.5, 0.6) is 0 Å². The van der Waals surface area contributed by atoms with Gasteiger partial charge in [-0.1, -0.05) is 68.9 Å². The van der Waals surface area contributed by atoms with E-state index >= 15 is 0 Å². The lowest BCUT2D eigenvalue weighted by molar-refractivity contribution is -0.177. The third-order valence-corrected chi connectivity index (χ3v) is 18.0. The lowest BCUT2D eigenvalue weighted by Crippen LogP contribution is -2.63. The van der Waals surface area contributed by atoms with Crippen molar-refractivity contribution in [3.8, 4) is 17.2 Å². The molecular formula is C49H63N3O2. The number of rotatable bonds is 3. The van der Waals surface area contributed by atoms with Crippen molar-refractivity contribution in [3.63, 3.8) is 0 Å². The Morgan fingerprint density at radius 1 is 0.481 bits per heavy atom. The molecule has 286 valence electrons. The second-order valence-electron chi connectivity index (χ2n) is 20.3. The van der Waals surface area contributed by atoms with Crippen molar-refractivity contribution in [3.05, 3.63) is 59.2 Å². The van der Waals surface area contributed by atoms with Gasteiger partial charge < -0.3 is 9.47 Å². The first kappa shape index (κ1) is 33.9. The van der Waals surface area contributed by atoms with Crippen LogP contribution in [0.3, 0.4) is 0 Å². The molecule has 5 nitrogen and oxygen atoms in total. The van der Waals surface area contributed by atoms with Gasteiger partial charge in [0.1, 0.15) is 0 Å². The first-order chi connectivity index (χ1) is 26.7. The lowest BCUT2D eigenvalue weighted by Gasteiger charge is -2.53. The highest BCUT2D eigenvalue weighted by Gasteiger charge is 2.61. The molecule has 16 unspecified atom stereocenters. The molecule has 0 bridgehead atoms. The van der Waals surface area contributed by atoms with E-state index in [0.29, 0.717) is 60.4 Å². The Bertz CT molecular complexity index is 1790. The molecule has 0 radical (unpaired) electrons. The van der Waals surface area contributed by atoms with Crippen LogP contribution >= 0.6 is 0 Å². The van der Waals surface area contributed by atoms with Gasteiger partial charge in [0.05, 0.1) is 36.0 Å². The molecule has 4 saturated heterocycles. The summed E-state index contributed by atoms with van der Waals surface area (Å²) >= 11 is 0. The van der Waals surface area contributed by atoms with Crippen LogP contribution < -0.4 is 0 Å². The third-order valence-electron chi connectivity index (χ3n) is 18.0. The topological polar surface area (TPSA) is 48.7 Å². The number of nitrogens with zero attached hydrogens (tertiary/aromatic N) is 3. The molecule has 10 fully saturated rings. The molecule has 10 aliphatic rings. The fourth-order valence-electron chi connectivity index (χ4n) is 16.1. The van der Waals surface area contributed by atoms with Crippen molar-refractivity contribution in [2.75, 3.05) is 0 Å². The number of ether oxygens (including phenoxy) is 2. The molecule has 5 heteroatoms. The summed E-state index contributed by atoms with van der Waals surface area (Å²) in [5, 5.41) is 10.3. The zero-order valence-electron chi connectivity index (χ0n) is 32.6. The minimum absolute atomic E-state index is 0.469. The Morgan fingerprint density at radius 3 is 1.65 bits per heavy atom. The van der Waals surface area contributed by atoms with E-state index in [1.54, 1.807) is 0 Å². The van der Waals surface area contributed by atoms with Crippen LogP contribution in [0.2, 0.25) is 0 Å². The van der Waals surface area contributed by atoms with Crippen LogP contribution in [-0.2, 0) is 9.47 Å². The third kappa shape index (κ3) is 5.28. The lowest BCUT2D eigenvalue weighted by atomic mass is 9.68. The Hall–Kier alpha value is -2.23. The standard InChI is InChI=1S/C49H63N3O2/c50-28-29-22-34(25-35(23-29)33-19-21-41-39(27-33)37-11-7-17-47-49(37)52(41)43-13-2-4-15-45(43)54-47)31-9-5-8-30(24-31)32-18-20-40-38(26-32)36-10-6-16-46-48(36)51(40)42-12-1-3-14-44(42)53-46/h5,8-9,22-25,32-33,36-49H,1-4,6-7,10-21,26-27H2. The summed E-state index contributed by atoms with van der Waals surface area (Å²) in [6.07, 6.45) is 28.6. The van der Waals surface area contributed by atoms with Gasteiger partial charge in [-0.3, -0.25) is 9.80 Å². The molecule has 4 heterocycles. The molecule has 6 aliphatic carbocycles. The normalized spacial score (nSPS) is 46.6. The second-order valence-corrected chi connectivity index (χ2v) is 20.3. The molecule has 0 N–H and O–H groups in total. The van der Waals surface area contributed by atoms with Crippen molar-refractivity contribution in [1.29, 1.82) is 5.26 Å². The van der Waals surface area contributed by atoms with Crippen molar-refractivity contribution >= 4 is 0 Å². The zero-order valence-corrected chi connectivity index (χ0v) is 32.6. The molecule has 0 spiro atoms. The van der Waals surface area contributed by atoms with Crippen LogP contribution in [0, 0.1) is 35.0 Å². The van der Waals surface area contributed by atoms with Gasteiger partial charge in [-0.2, -0.15) is 5.26 Å². The van der Waals surface area contributed by atoms with E-state index in [1.165, 1.54) is 151 Å². The summed E-state index contributed by atoms with van der Waals surface area (Å²) in [5.74, 6) is 4.40. The largest absolute Gasteiger partial charge is 0.372 e. The van der Waals surface area contributed by atoms with Gasteiger partial charge >= 0.3 is 0 Å². The van der Waals surface area contributed by atoms with Gasteiger partial charge in [0.15, 0.2) is 0 Å². The van der Waals surface area contributed by atoms with Crippen LogP contribution in [0.25, 0.3) is 11.1 Å². The van der Waals surface area contributed by atoms with Gasteiger partial charge in [0.2, 0.25) is 0 Å². The Morgan fingerprint density at radius 2 is 1.04 bits per heavy atom. The highest BCUT2D eigenvalue weighted by molar-refractivity contribution is 5.67. The maximum absolute atomic E-state index is 10.3. The minimum Gasteiger partial charge on any atom is -0.372 e. The average Bonchev–Trinajstić information content (AvgIpc) is 3.75. The SMILES string of the molecule is N#Cc1cc(-c2cccc(C3CCC4C(C3)C3CCCC5OC6CCCCC6N4C53)c2)cc(C2CCC3C(C2)C2CCCC4OC5CCCCC5N3C42)c1. The molecule has 16 atom stereocenters. The number of nitriles is 1. The van der Waals surface area contributed by atoms with Crippen molar-refractivity contribution in [2.24, 2.45) is 23.7 Å². The molecule has 12 rings (SSSR count). The van der Waals surface area contributed by atoms with E-state index in [-0.39, 0.29) is 0 Å². The second kappa shape index (κ2) is 13.4. The van der Waals surface area contributed by atoms with Crippen molar-refractivity contribution < 1.29 is 9.47 Å². The quantitative estimate of drug-likeness (QED) is 0.315. The summed E-state index contributed by atoms with van der Waals surface area (Å²) in [4.78, 5) is 6.19. The maximum Gasteiger partial charge on any atom is 0.0991 e. The average molecular weight is 726 g/mol. The number of hydrogen-bond acceptors (Lipinski definition) is 5. The zero-order chi connectivity index (χ0) is 35.5. The summed E-state index contributed by atoms with van der Waals surface area (Å²) in [6, 6.07) is 23.4. The van der Waals surface area contributed by atoms with Gasteiger partial charge in [-0.25, -0.2) is 0 Å². The fraction of sp³-hybridized carbons (Fsp3) is 0.735. The highest BCUT2D eigenvalue weighted by Crippen LogP contribution is 2.58. The molecule has 54 heavy (non-hydrogen) atoms. The highest BCUT2D eigenvalue weighted by atomic mass is 16.5. The Labute approximate surface area is 324 Å². The summed E-state index contributed by atoms with van der Waals surface area (Å²) < 4.78 is 13.9. The number of fused-ring (bicyclic) bond motifs is 10. The summed E-state index contributed by atoms with van der Waals surface area (Å²) in [6.45, 7) is 0. The molecule has 6 saturated carbocycles. The van der Waals surface area contributed by atoms with Gasteiger partial charge in [-0.15, -0.1) is 0 Å². The van der Waals surface area contributed by atoms with Gasteiger partial charge in [0, 0.05) is 36.3 Å². The number of morpholine rings is 2. The van der Waals surface area contributed by atoms with Gasteiger partial charge in [0.25, 0.3) is 0 Å². The monoisotopic (exact) mass is 725 g/mol. The smallest absolute Gasteiger partial charge is 0.0991 e. The van der Waals surface area contributed by atoms with Crippen LogP contribution in [0.4, 0.5) is 0 Å². The fourth-order valence-corrected chi connectivity index (χ4v) is 16.1. The predicted octanol–water partition coefficient (Wildman–Crippen LogP) is 10.1. The van der Waals surface area contributed by atoms with Crippen LogP contribution in [-0.4, -0.2) is 70.5 Å². The number of hydrogen-bond donors (Lipinski definition) is 0.